The van der Waals surface area contributed by atoms with Crippen LogP contribution in [-0.4, -0.2) is 28.7 Å². The van der Waals surface area contributed by atoms with Crippen LogP contribution in [0.25, 0.3) is 0 Å². The summed E-state index contributed by atoms with van der Waals surface area (Å²) < 4.78 is 27.2. The molecule has 0 saturated heterocycles. The Labute approximate surface area is 123 Å². The van der Waals surface area contributed by atoms with Gasteiger partial charge in [0, 0.05) is 0 Å². The van der Waals surface area contributed by atoms with E-state index in [0.717, 1.165) is 12.0 Å². The fourth-order valence-electron chi connectivity index (χ4n) is 2.04. The second kappa shape index (κ2) is 6.33. The number of rotatable bonds is 6. The van der Waals surface area contributed by atoms with E-state index in [0.29, 0.717) is 11.4 Å². The lowest BCUT2D eigenvalue weighted by Gasteiger charge is -2.13. The van der Waals surface area contributed by atoms with Gasteiger partial charge in [0.1, 0.15) is 12.2 Å². The molecule has 1 heterocycles. The summed E-state index contributed by atoms with van der Waals surface area (Å²) in [5, 5.41) is 15.6. The third-order valence-electron chi connectivity index (χ3n) is 3.22. The summed E-state index contributed by atoms with van der Waals surface area (Å²) in [6, 6.07) is 4.22. The molecule has 0 aliphatic rings. The Balaban J connectivity index is 2.27. The Morgan fingerprint density at radius 1 is 1.38 bits per heavy atom. The predicted molar refractivity (Wildman–Crippen MR) is 76.9 cm³/mol. The van der Waals surface area contributed by atoms with Crippen LogP contribution < -0.4 is 4.72 Å². The third kappa shape index (κ3) is 3.46. The summed E-state index contributed by atoms with van der Waals surface area (Å²) >= 11 is 0. The Hall–Kier alpha value is -1.77. The summed E-state index contributed by atoms with van der Waals surface area (Å²) in [5.74, 6) is 0.436. The molecule has 0 saturated carbocycles. The number of H-pyrrole nitrogens is 1. The van der Waals surface area contributed by atoms with Crippen molar-refractivity contribution in [2.24, 2.45) is 0 Å². The molecule has 1 unspecified atom stereocenters. The van der Waals surface area contributed by atoms with Gasteiger partial charge in [0.15, 0.2) is 0 Å². The van der Waals surface area contributed by atoms with Gasteiger partial charge in [-0.1, -0.05) is 13.0 Å². The average Bonchev–Trinajstić information content (AvgIpc) is 3.00. The quantitative estimate of drug-likeness (QED) is 0.734. The third-order valence-corrected chi connectivity index (χ3v) is 4.75. The number of benzene rings is 1. The van der Waals surface area contributed by atoms with Crippen molar-refractivity contribution >= 4 is 10.0 Å². The van der Waals surface area contributed by atoms with Crippen molar-refractivity contribution in [2.45, 2.75) is 37.8 Å². The molecule has 0 radical (unpaired) electrons. The molecule has 2 rings (SSSR count). The summed E-state index contributed by atoms with van der Waals surface area (Å²) in [6.45, 7) is 3.43. The minimum absolute atomic E-state index is 0.120. The van der Waals surface area contributed by atoms with Crippen LogP contribution in [0.15, 0.2) is 29.4 Å². The lowest BCUT2D eigenvalue weighted by atomic mass is 10.1. The monoisotopic (exact) mass is 310 g/mol. The van der Waals surface area contributed by atoms with Crippen molar-refractivity contribution in [1.29, 1.82) is 0 Å². The minimum Gasteiger partial charge on any atom is -0.392 e. The van der Waals surface area contributed by atoms with Gasteiger partial charge in [0.25, 0.3) is 0 Å². The van der Waals surface area contributed by atoms with Crippen molar-refractivity contribution in [3.8, 4) is 0 Å². The van der Waals surface area contributed by atoms with Crippen LogP contribution in [0.4, 0.5) is 0 Å². The topological polar surface area (TPSA) is 108 Å². The number of nitrogens with zero attached hydrogens (tertiary/aromatic N) is 2. The van der Waals surface area contributed by atoms with Crippen LogP contribution in [0.1, 0.15) is 36.8 Å². The number of aromatic nitrogens is 3. The van der Waals surface area contributed by atoms with Gasteiger partial charge >= 0.3 is 0 Å². The lowest BCUT2D eigenvalue weighted by molar-refractivity contribution is 0.280. The minimum atomic E-state index is -3.69. The van der Waals surface area contributed by atoms with E-state index in [1.54, 1.807) is 13.0 Å². The van der Waals surface area contributed by atoms with E-state index in [2.05, 4.69) is 19.9 Å². The largest absolute Gasteiger partial charge is 0.392 e. The van der Waals surface area contributed by atoms with Gasteiger partial charge in [-0.2, -0.15) is 5.10 Å². The van der Waals surface area contributed by atoms with Crippen molar-refractivity contribution in [2.75, 3.05) is 0 Å². The maximum Gasteiger partial charge on any atom is 0.241 e. The van der Waals surface area contributed by atoms with Crippen LogP contribution in [0.2, 0.25) is 0 Å². The molecule has 1 aromatic heterocycles. The molecule has 3 N–H and O–H groups in total. The smallest absolute Gasteiger partial charge is 0.241 e. The van der Waals surface area contributed by atoms with Gasteiger partial charge in [-0.25, -0.2) is 18.1 Å². The molecule has 0 bridgehead atoms. The molecule has 8 heteroatoms. The Kier molecular flexibility index (Phi) is 4.71. The van der Waals surface area contributed by atoms with Crippen molar-refractivity contribution in [3.63, 3.8) is 0 Å². The Morgan fingerprint density at radius 3 is 2.71 bits per heavy atom. The van der Waals surface area contributed by atoms with Crippen LogP contribution in [0, 0.1) is 0 Å². The van der Waals surface area contributed by atoms with E-state index in [9.17, 15) is 13.5 Å². The Bertz CT molecular complexity index is 698. The number of aliphatic hydroxyl groups excluding tert-OH is 1. The normalized spacial score (nSPS) is 13.3. The number of hydrogen-bond donors (Lipinski definition) is 3. The van der Waals surface area contributed by atoms with Gasteiger partial charge in [-0.3, -0.25) is 5.10 Å². The molecule has 7 nitrogen and oxygen atoms in total. The molecule has 1 aromatic carbocycles. The SMILES string of the molecule is CCc1ccc(S(=O)(=O)NC(C)c2ncn[nH]2)cc1CO. The molecule has 114 valence electrons. The highest BCUT2D eigenvalue weighted by Gasteiger charge is 2.20. The maximum absolute atomic E-state index is 12.4. The van der Waals surface area contributed by atoms with E-state index in [1.807, 2.05) is 6.92 Å². The predicted octanol–water partition coefficient (Wildman–Crippen LogP) is 0.899. The van der Waals surface area contributed by atoms with Crippen LogP contribution in [0.5, 0.6) is 0 Å². The molecule has 1 atom stereocenters. The molecule has 21 heavy (non-hydrogen) atoms. The number of aliphatic hydroxyl groups is 1. The number of hydrogen-bond acceptors (Lipinski definition) is 5. The van der Waals surface area contributed by atoms with Gasteiger partial charge in [0.2, 0.25) is 10.0 Å². The number of aryl methyl sites for hydroxylation is 1. The van der Waals surface area contributed by atoms with Crippen LogP contribution in [0.3, 0.4) is 0 Å². The van der Waals surface area contributed by atoms with Crippen LogP contribution >= 0.6 is 0 Å². The van der Waals surface area contributed by atoms with E-state index >= 15 is 0 Å². The van der Waals surface area contributed by atoms with Crippen molar-refractivity contribution in [1.82, 2.24) is 19.9 Å². The standard InChI is InChI=1S/C13H18N4O3S/c1-3-10-4-5-12(6-11(10)7-18)21(19,20)17-9(2)13-14-8-15-16-13/h4-6,8-9,17-18H,3,7H2,1-2H3,(H,14,15,16). The molecule has 0 spiro atoms. The highest BCUT2D eigenvalue weighted by molar-refractivity contribution is 7.89. The molecule has 0 aliphatic heterocycles. The number of nitrogens with one attached hydrogen (secondary N) is 2. The highest BCUT2D eigenvalue weighted by Crippen LogP contribution is 2.19. The summed E-state index contributed by atoms with van der Waals surface area (Å²) in [7, 11) is -3.69. The van der Waals surface area contributed by atoms with Crippen molar-refractivity contribution in [3.05, 3.63) is 41.5 Å². The first kappa shape index (κ1) is 15.6. The molecule has 0 aliphatic carbocycles. The van der Waals surface area contributed by atoms with E-state index in [1.165, 1.54) is 18.5 Å². The number of aromatic amines is 1. The second-order valence-corrected chi connectivity index (χ2v) is 6.37. The summed E-state index contributed by atoms with van der Waals surface area (Å²) in [6.07, 6.45) is 2.05. The van der Waals surface area contributed by atoms with Crippen molar-refractivity contribution < 1.29 is 13.5 Å². The van der Waals surface area contributed by atoms with E-state index in [-0.39, 0.29) is 11.5 Å². The van der Waals surface area contributed by atoms with Gasteiger partial charge in [-0.05, 0) is 36.6 Å². The van der Waals surface area contributed by atoms with Gasteiger partial charge in [0.05, 0.1) is 17.5 Å². The molecule has 0 amide bonds. The molecular formula is C13H18N4O3S. The zero-order valence-electron chi connectivity index (χ0n) is 11.9. The Morgan fingerprint density at radius 2 is 2.14 bits per heavy atom. The summed E-state index contributed by atoms with van der Waals surface area (Å²) in [4.78, 5) is 4.04. The molecular weight excluding hydrogens is 292 g/mol. The van der Waals surface area contributed by atoms with Gasteiger partial charge in [-0.15, -0.1) is 0 Å². The first-order chi connectivity index (χ1) is 9.97. The van der Waals surface area contributed by atoms with E-state index < -0.39 is 16.1 Å². The average molecular weight is 310 g/mol. The molecule has 2 aromatic rings. The first-order valence-corrected chi connectivity index (χ1v) is 8.06. The zero-order chi connectivity index (χ0) is 15.5. The first-order valence-electron chi connectivity index (χ1n) is 6.58. The second-order valence-electron chi connectivity index (χ2n) is 4.66. The number of sulfonamides is 1. The highest BCUT2D eigenvalue weighted by atomic mass is 32.2. The fourth-order valence-corrected chi connectivity index (χ4v) is 3.30. The van der Waals surface area contributed by atoms with Gasteiger partial charge < -0.3 is 5.11 Å². The fraction of sp³-hybridized carbons (Fsp3) is 0.385. The maximum atomic E-state index is 12.4. The summed E-state index contributed by atoms with van der Waals surface area (Å²) in [5.41, 5.74) is 1.55. The van der Waals surface area contributed by atoms with E-state index in [4.69, 9.17) is 0 Å². The zero-order valence-corrected chi connectivity index (χ0v) is 12.7. The lowest BCUT2D eigenvalue weighted by Crippen LogP contribution is -2.27. The molecule has 0 fully saturated rings. The van der Waals surface area contributed by atoms with Crippen LogP contribution in [-0.2, 0) is 23.1 Å².